The minimum atomic E-state index is -4.52. The summed E-state index contributed by atoms with van der Waals surface area (Å²) >= 11 is 0. The Hall–Kier alpha value is -3.27. The maximum absolute atomic E-state index is 13.4. The number of nitrogens with zero attached hydrogens (tertiary/aromatic N) is 1. The first kappa shape index (κ1) is 24.4. The second kappa shape index (κ2) is 10.1. The van der Waals surface area contributed by atoms with Crippen molar-refractivity contribution in [1.29, 1.82) is 0 Å². The van der Waals surface area contributed by atoms with Crippen LogP contribution in [0.15, 0.2) is 42.5 Å². The minimum absolute atomic E-state index is 0.0470. The zero-order chi connectivity index (χ0) is 24.2. The molecule has 0 aliphatic carbocycles. The molecule has 1 fully saturated rings. The predicted octanol–water partition coefficient (Wildman–Crippen LogP) is 3.27. The quantitative estimate of drug-likeness (QED) is 0.632. The third-order valence-electron chi connectivity index (χ3n) is 5.55. The molecule has 2 aromatic rings. The van der Waals surface area contributed by atoms with Crippen LogP contribution in [0.1, 0.15) is 27.9 Å². The van der Waals surface area contributed by atoms with E-state index in [2.05, 4.69) is 5.32 Å². The minimum Gasteiger partial charge on any atom is -0.493 e. The third-order valence-corrected chi connectivity index (χ3v) is 5.55. The Bertz CT molecular complexity index is 1010. The highest BCUT2D eigenvalue weighted by Crippen LogP contribution is 2.34. The van der Waals surface area contributed by atoms with Gasteiger partial charge in [0.2, 0.25) is 0 Å². The molecule has 0 saturated carbocycles. The number of carbonyl (C=O) groups excluding carboxylic acids is 2. The summed E-state index contributed by atoms with van der Waals surface area (Å²) in [4.78, 5) is 26.7. The lowest BCUT2D eigenvalue weighted by atomic mass is 10.1. The van der Waals surface area contributed by atoms with Crippen LogP contribution < -0.4 is 14.8 Å². The normalized spacial score (nSPS) is 18.6. The van der Waals surface area contributed by atoms with Crippen molar-refractivity contribution in [2.45, 2.75) is 31.2 Å². The number of carbonyl (C=O) groups is 2. The molecule has 0 radical (unpaired) electrons. The number of amides is 1. The Morgan fingerprint density at radius 3 is 2.39 bits per heavy atom. The van der Waals surface area contributed by atoms with Gasteiger partial charge in [0.25, 0.3) is 5.91 Å². The number of halogens is 3. The van der Waals surface area contributed by atoms with Gasteiger partial charge in [0.05, 0.1) is 26.9 Å². The Kier molecular flexibility index (Phi) is 7.47. The van der Waals surface area contributed by atoms with Crippen molar-refractivity contribution in [2.75, 3.05) is 27.9 Å². The lowest BCUT2D eigenvalue weighted by molar-refractivity contribution is -0.146. The average molecular weight is 466 g/mol. The van der Waals surface area contributed by atoms with Crippen molar-refractivity contribution in [2.24, 2.45) is 0 Å². The monoisotopic (exact) mass is 466 g/mol. The molecule has 178 valence electrons. The Balaban J connectivity index is 1.77. The largest absolute Gasteiger partial charge is 0.493 e. The summed E-state index contributed by atoms with van der Waals surface area (Å²) in [7, 11) is 4.16. The van der Waals surface area contributed by atoms with E-state index in [1.165, 1.54) is 45.6 Å². The van der Waals surface area contributed by atoms with Crippen LogP contribution in [0.3, 0.4) is 0 Å². The zero-order valence-electron chi connectivity index (χ0n) is 18.4. The van der Waals surface area contributed by atoms with E-state index in [9.17, 15) is 22.8 Å². The number of benzene rings is 2. The van der Waals surface area contributed by atoms with Crippen molar-refractivity contribution >= 4 is 11.9 Å². The van der Waals surface area contributed by atoms with E-state index >= 15 is 0 Å². The maximum Gasteiger partial charge on any atom is 0.416 e. The number of alkyl halides is 3. The Morgan fingerprint density at radius 1 is 1.06 bits per heavy atom. The molecule has 1 saturated heterocycles. The molecule has 1 amide bonds. The van der Waals surface area contributed by atoms with Crippen molar-refractivity contribution in [3.63, 3.8) is 0 Å². The molecule has 7 nitrogen and oxygen atoms in total. The summed E-state index contributed by atoms with van der Waals surface area (Å²) < 4.78 is 55.5. The number of likely N-dealkylation sites (tertiary alicyclic amines) is 1. The van der Waals surface area contributed by atoms with Gasteiger partial charge in [-0.05, 0) is 36.2 Å². The van der Waals surface area contributed by atoms with Crippen molar-refractivity contribution in [3.05, 3.63) is 59.2 Å². The first-order chi connectivity index (χ1) is 15.7. The van der Waals surface area contributed by atoms with Crippen LogP contribution in [-0.2, 0) is 22.3 Å². The average Bonchev–Trinajstić information content (AvgIpc) is 3.19. The molecule has 1 N–H and O–H groups in total. The zero-order valence-corrected chi connectivity index (χ0v) is 18.4. The fourth-order valence-electron chi connectivity index (χ4n) is 3.96. The number of ether oxygens (including phenoxy) is 3. The second-order valence-electron chi connectivity index (χ2n) is 7.60. The van der Waals surface area contributed by atoms with Crippen LogP contribution in [0.5, 0.6) is 11.5 Å². The number of methoxy groups -OCH3 is 3. The first-order valence-corrected chi connectivity index (χ1v) is 10.2. The molecule has 2 aromatic carbocycles. The summed E-state index contributed by atoms with van der Waals surface area (Å²) in [5.41, 5.74) is -0.389. The molecule has 1 aliphatic rings. The SMILES string of the molecule is COC(=O)[C@@H]1C[C@H](NC(=O)c2ccc(OC)c(OC)c2)CN1Cc1ccccc1C(F)(F)F. The van der Waals surface area contributed by atoms with Crippen LogP contribution in [0.25, 0.3) is 0 Å². The number of rotatable bonds is 7. The predicted molar refractivity (Wildman–Crippen MR) is 113 cm³/mol. The molecule has 10 heteroatoms. The number of esters is 1. The van der Waals surface area contributed by atoms with Gasteiger partial charge in [-0.1, -0.05) is 18.2 Å². The van der Waals surface area contributed by atoms with E-state index in [0.717, 1.165) is 6.07 Å². The highest BCUT2D eigenvalue weighted by atomic mass is 19.4. The lowest BCUT2D eigenvalue weighted by Gasteiger charge is -2.24. The van der Waals surface area contributed by atoms with E-state index in [4.69, 9.17) is 14.2 Å². The van der Waals surface area contributed by atoms with E-state index in [-0.39, 0.29) is 25.1 Å². The van der Waals surface area contributed by atoms with Gasteiger partial charge in [-0.3, -0.25) is 14.5 Å². The first-order valence-electron chi connectivity index (χ1n) is 10.2. The molecule has 0 bridgehead atoms. The second-order valence-corrected chi connectivity index (χ2v) is 7.60. The highest BCUT2D eigenvalue weighted by Gasteiger charge is 2.40. The van der Waals surface area contributed by atoms with Crippen LogP contribution in [0, 0.1) is 0 Å². The number of nitrogens with one attached hydrogen (secondary N) is 1. The molecular formula is C23H25F3N2O5. The van der Waals surface area contributed by atoms with Gasteiger partial charge in [-0.2, -0.15) is 13.2 Å². The summed E-state index contributed by atoms with van der Waals surface area (Å²) in [6.07, 6.45) is -4.31. The fraction of sp³-hybridized carbons (Fsp3) is 0.391. The van der Waals surface area contributed by atoms with Gasteiger partial charge < -0.3 is 19.5 Å². The third kappa shape index (κ3) is 5.57. The molecule has 1 heterocycles. The highest BCUT2D eigenvalue weighted by molar-refractivity contribution is 5.95. The van der Waals surface area contributed by atoms with Crippen LogP contribution in [0.2, 0.25) is 0 Å². The molecule has 3 rings (SSSR count). The molecule has 33 heavy (non-hydrogen) atoms. The van der Waals surface area contributed by atoms with E-state index < -0.39 is 35.7 Å². The van der Waals surface area contributed by atoms with Crippen molar-refractivity contribution in [3.8, 4) is 11.5 Å². The standard InChI is InChI=1S/C23H25F3N2O5/c1-31-19-9-8-14(10-20(19)32-2)21(29)27-16-11-18(22(30)33-3)28(13-16)12-15-6-4-5-7-17(15)23(24,25)26/h4-10,16,18H,11-13H2,1-3H3,(H,27,29)/t16-,18-/m0/s1. The fourth-order valence-corrected chi connectivity index (χ4v) is 3.96. The lowest BCUT2D eigenvalue weighted by Crippen LogP contribution is -2.38. The topological polar surface area (TPSA) is 77.1 Å². The van der Waals surface area contributed by atoms with Gasteiger partial charge in [0, 0.05) is 24.7 Å². The summed E-state index contributed by atoms with van der Waals surface area (Å²) in [6.45, 7) is 0.0726. The smallest absolute Gasteiger partial charge is 0.416 e. The van der Waals surface area contributed by atoms with Gasteiger partial charge >= 0.3 is 12.1 Å². The summed E-state index contributed by atoms with van der Waals surface area (Å²) in [5.74, 6) is -0.117. The van der Waals surface area contributed by atoms with Crippen LogP contribution >= 0.6 is 0 Å². The molecule has 1 aliphatic heterocycles. The molecule has 2 atom stereocenters. The maximum atomic E-state index is 13.4. The van der Waals surface area contributed by atoms with Gasteiger partial charge in [0.1, 0.15) is 6.04 Å². The molecule has 0 spiro atoms. The Labute approximate surface area is 189 Å². The van der Waals surface area contributed by atoms with Crippen LogP contribution in [0.4, 0.5) is 13.2 Å². The van der Waals surface area contributed by atoms with E-state index in [1.54, 1.807) is 17.0 Å². The molecule has 0 unspecified atom stereocenters. The molecular weight excluding hydrogens is 441 g/mol. The number of hydrogen-bond acceptors (Lipinski definition) is 6. The van der Waals surface area contributed by atoms with Gasteiger partial charge in [-0.15, -0.1) is 0 Å². The summed E-state index contributed by atoms with van der Waals surface area (Å²) in [5, 5.41) is 2.85. The van der Waals surface area contributed by atoms with Crippen molar-refractivity contribution in [1.82, 2.24) is 10.2 Å². The van der Waals surface area contributed by atoms with Gasteiger partial charge in [0.15, 0.2) is 11.5 Å². The Morgan fingerprint density at radius 2 is 1.76 bits per heavy atom. The van der Waals surface area contributed by atoms with Gasteiger partial charge in [-0.25, -0.2) is 0 Å². The van der Waals surface area contributed by atoms with Crippen molar-refractivity contribution < 1.29 is 37.0 Å². The van der Waals surface area contributed by atoms with E-state index in [1.807, 2.05) is 0 Å². The van der Waals surface area contributed by atoms with E-state index in [0.29, 0.717) is 17.1 Å². The van der Waals surface area contributed by atoms with Crippen LogP contribution in [-0.4, -0.2) is 56.7 Å². The number of hydrogen-bond donors (Lipinski definition) is 1. The summed E-state index contributed by atoms with van der Waals surface area (Å²) in [6, 6.07) is 8.67. The molecule has 0 aromatic heterocycles.